The Morgan fingerprint density at radius 3 is 2.67 bits per heavy atom. The molecule has 1 aromatic carbocycles. The number of hydrogen-bond donors (Lipinski definition) is 1. The summed E-state index contributed by atoms with van der Waals surface area (Å²) in [4.78, 5) is 0. The van der Waals surface area contributed by atoms with Crippen LogP contribution >= 0.6 is 0 Å². The number of nitrogens with two attached hydrogens (primary N) is 1. The van der Waals surface area contributed by atoms with E-state index in [4.69, 9.17) is 10.2 Å². The number of para-hydroxylation sites is 1. The van der Waals surface area contributed by atoms with Crippen LogP contribution in [-0.2, 0) is 19.3 Å². The van der Waals surface area contributed by atoms with Crippen LogP contribution in [0.3, 0.4) is 0 Å². The van der Waals surface area contributed by atoms with Gasteiger partial charge in [-0.25, -0.2) is 0 Å². The minimum atomic E-state index is -4.40. The molecule has 2 N–H and O–H groups in total. The molecule has 3 rings (SSSR count). The van der Waals surface area contributed by atoms with Crippen LogP contribution < -0.4 is 5.73 Å². The Hall–Kier alpha value is -2.28. The summed E-state index contributed by atoms with van der Waals surface area (Å²) in [5, 5.41) is 4.59. The van der Waals surface area contributed by atoms with E-state index >= 15 is 0 Å². The summed E-state index contributed by atoms with van der Waals surface area (Å²) >= 11 is 0. The summed E-state index contributed by atoms with van der Waals surface area (Å²) < 4.78 is 44.5. The third-order valence-electron chi connectivity index (χ3n) is 3.25. The zero-order valence-corrected chi connectivity index (χ0v) is 10.9. The van der Waals surface area contributed by atoms with E-state index in [0.29, 0.717) is 11.3 Å². The zero-order valence-electron chi connectivity index (χ0n) is 10.9. The molecule has 0 unspecified atom stereocenters. The second kappa shape index (κ2) is 4.92. The molecule has 0 radical (unpaired) electrons. The molecule has 0 saturated carbocycles. The van der Waals surface area contributed by atoms with Crippen molar-refractivity contribution in [1.29, 1.82) is 0 Å². The first-order valence-corrected chi connectivity index (χ1v) is 6.28. The van der Waals surface area contributed by atoms with Gasteiger partial charge in [0.25, 0.3) is 0 Å². The molecule has 0 fully saturated rings. The van der Waals surface area contributed by atoms with E-state index in [2.05, 4.69) is 5.10 Å². The number of rotatable bonds is 3. The number of halogens is 3. The third-order valence-corrected chi connectivity index (χ3v) is 3.25. The molecular formula is C14H12F3N3O. The predicted octanol–water partition coefficient (Wildman–Crippen LogP) is 3.16. The van der Waals surface area contributed by atoms with Crippen molar-refractivity contribution in [1.82, 2.24) is 9.78 Å². The van der Waals surface area contributed by atoms with Gasteiger partial charge in [-0.2, -0.15) is 18.3 Å². The van der Waals surface area contributed by atoms with Crippen LogP contribution in [0.4, 0.5) is 13.2 Å². The first-order chi connectivity index (χ1) is 9.99. The molecule has 3 aromatic rings. The highest BCUT2D eigenvalue weighted by Gasteiger charge is 2.32. The van der Waals surface area contributed by atoms with Crippen LogP contribution in [0.25, 0.3) is 11.0 Å². The number of hydrogen-bond acceptors (Lipinski definition) is 3. The summed E-state index contributed by atoms with van der Waals surface area (Å²) in [6, 6.07) is 7.35. The van der Waals surface area contributed by atoms with Gasteiger partial charge >= 0.3 is 6.18 Å². The molecule has 2 heterocycles. The smallest absolute Gasteiger partial charge is 0.419 e. The quantitative estimate of drug-likeness (QED) is 0.807. The molecule has 7 heteroatoms. The van der Waals surface area contributed by atoms with Crippen molar-refractivity contribution in [2.24, 2.45) is 5.73 Å². The van der Waals surface area contributed by atoms with E-state index in [9.17, 15) is 13.2 Å². The van der Waals surface area contributed by atoms with Crippen molar-refractivity contribution in [3.05, 3.63) is 53.5 Å². The van der Waals surface area contributed by atoms with Gasteiger partial charge in [0.15, 0.2) is 0 Å². The third kappa shape index (κ3) is 2.52. The maximum Gasteiger partial charge on any atom is 0.419 e. The minimum Gasteiger partial charge on any atom is -0.459 e. The second-order valence-electron chi connectivity index (χ2n) is 4.63. The van der Waals surface area contributed by atoms with E-state index < -0.39 is 11.7 Å². The highest BCUT2D eigenvalue weighted by atomic mass is 19.4. The molecule has 0 saturated heterocycles. The standard InChI is InChI=1S/C14H12F3N3O/c15-14(16,17)9-6-19-20(7-9)8-13-11(5-18)10-3-1-2-4-12(10)21-13/h1-4,6-7H,5,8,18H2. The average molecular weight is 295 g/mol. The molecule has 0 spiro atoms. The summed E-state index contributed by atoms with van der Waals surface area (Å²) in [5.74, 6) is 0.524. The molecule has 21 heavy (non-hydrogen) atoms. The Morgan fingerprint density at radius 2 is 2.00 bits per heavy atom. The molecule has 0 amide bonds. The van der Waals surface area contributed by atoms with Crippen molar-refractivity contribution in [3.63, 3.8) is 0 Å². The highest BCUT2D eigenvalue weighted by molar-refractivity contribution is 5.82. The van der Waals surface area contributed by atoms with E-state index in [1.807, 2.05) is 18.2 Å². The first-order valence-electron chi connectivity index (χ1n) is 6.28. The van der Waals surface area contributed by atoms with Crippen LogP contribution in [-0.4, -0.2) is 9.78 Å². The number of fused-ring (bicyclic) bond motifs is 1. The molecule has 110 valence electrons. The summed E-state index contributed by atoms with van der Waals surface area (Å²) in [6.07, 6.45) is -2.65. The fourth-order valence-corrected chi connectivity index (χ4v) is 2.24. The molecule has 0 aliphatic heterocycles. The van der Waals surface area contributed by atoms with Gasteiger partial charge in [0.1, 0.15) is 11.3 Å². The van der Waals surface area contributed by atoms with Crippen molar-refractivity contribution < 1.29 is 17.6 Å². The van der Waals surface area contributed by atoms with Gasteiger partial charge in [0.2, 0.25) is 0 Å². The van der Waals surface area contributed by atoms with Gasteiger partial charge in [-0.3, -0.25) is 4.68 Å². The maximum absolute atomic E-state index is 12.6. The first kappa shape index (κ1) is 13.7. The Kier molecular flexibility index (Phi) is 3.21. The topological polar surface area (TPSA) is 57.0 Å². The lowest BCUT2D eigenvalue weighted by Gasteiger charge is -2.02. The Labute approximate surface area is 118 Å². The van der Waals surface area contributed by atoms with E-state index in [1.165, 1.54) is 4.68 Å². The van der Waals surface area contributed by atoms with Gasteiger partial charge in [-0.1, -0.05) is 18.2 Å². The lowest BCUT2D eigenvalue weighted by atomic mass is 10.1. The SMILES string of the molecule is NCc1c(Cn2cc(C(F)(F)F)cn2)oc2ccccc12. The fourth-order valence-electron chi connectivity index (χ4n) is 2.24. The van der Waals surface area contributed by atoms with Crippen LogP contribution in [0.15, 0.2) is 41.1 Å². The van der Waals surface area contributed by atoms with Crippen LogP contribution in [0.5, 0.6) is 0 Å². The van der Waals surface area contributed by atoms with E-state index in [1.54, 1.807) is 6.07 Å². The predicted molar refractivity (Wildman–Crippen MR) is 70.4 cm³/mol. The maximum atomic E-state index is 12.6. The van der Waals surface area contributed by atoms with Crippen LogP contribution in [0.1, 0.15) is 16.9 Å². The van der Waals surface area contributed by atoms with Crippen molar-refractivity contribution in [2.45, 2.75) is 19.3 Å². The average Bonchev–Trinajstić information content (AvgIpc) is 3.02. The van der Waals surface area contributed by atoms with Gasteiger partial charge in [-0.15, -0.1) is 0 Å². The fraction of sp³-hybridized carbons (Fsp3) is 0.214. The van der Waals surface area contributed by atoms with Crippen LogP contribution in [0, 0.1) is 0 Å². The van der Waals surface area contributed by atoms with E-state index in [0.717, 1.165) is 23.3 Å². The van der Waals surface area contributed by atoms with Crippen LogP contribution in [0.2, 0.25) is 0 Å². The normalized spacial score (nSPS) is 12.2. The largest absolute Gasteiger partial charge is 0.459 e. The van der Waals surface area contributed by atoms with Crippen molar-refractivity contribution >= 4 is 11.0 Å². The monoisotopic (exact) mass is 295 g/mol. The van der Waals surface area contributed by atoms with Gasteiger partial charge in [0, 0.05) is 23.7 Å². The Balaban J connectivity index is 1.96. The summed E-state index contributed by atoms with van der Waals surface area (Å²) in [7, 11) is 0. The zero-order chi connectivity index (χ0) is 15.0. The molecule has 0 aliphatic rings. The van der Waals surface area contributed by atoms with Gasteiger partial charge < -0.3 is 10.2 Å². The molecular weight excluding hydrogens is 283 g/mol. The number of furan rings is 1. The molecule has 0 bridgehead atoms. The number of nitrogens with zero attached hydrogens (tertiary/aromatic N) is 2. The summed E-state index contributed by atoms with van der Waals surface area (Å²) in [6.45, 7) is 0.358. The number of benzene rings is 1. The lowest BCUT2D eigenvalue weighted by Crippen LogP contribution is -2.06. The lowest BCUT2D eigenvalue weighted by molar-refractivity contribution is -0.137. The Bertz CT molecular complexity index is 773. The number of alkyl halides is 3. The molecule has 0 aliphatic carbocycles. The van der Waals surface area contributed by atoms with E-state index in [-0.39, 0.29) is 13.1 Å². The number of aromatic nitrogens is 2. The van der Waals surface area contributed by atoms with Gasteiger partial charge in [0.05, 0.1) is 18.3 Å². The summed E-state index contributed by atoms with van der Waals surface area (Å²) in [5.41, 5.74) is 6.39. The molecule has 4 nitrogen and oxygen atoms in total. The minimum absolute atomic E-state index is 0.108. The molecule has 2 aromatic heterocycles. The van der Waals surface area contributed by atoms with Crippen molar-refractivity contribution in [3.8, 4) is 0 Å². The highest BCUT2D eigenvalue weighted by Crippen LogP contribution is 2.29. The second-order valence-corrected chi connectivity index (χ2v) is 4.63. The Morgan fingerprint density at radius 1 is 1.24 bits per heavy atom. The van der Waals surface area contributed by atoms with Gasteiger partial charge in [-0.05, 0) is 6.07 Å². The molecule has 0 atom stereocenters. The van der Waals surface area contributed by atoms with Crippen molar-refractivity contribution in [2.75, 3.05) is 0 Å².